The summed E-state index contributed by atoms with van der Waals surface area (Å²) in [4.78, 5) is 4.53. The van der Waals surface area contributed by atoms with E-state index < -0.39 is 18.4 Å². The molecule has 0 aromatic carbocycles. The van der Waals surface area contributed by atoms with Crippen molar-refractivity contribution < 1.29 is 20.2 Å². The van der Waals surface area contributed by atoms with Crippen molar-refractivity contribution in [2.75, 3.05) is 6.61 Å². The summed E-state index contributed by atoms with van der Waals surface area (Å²) in [6.45, 7) is -0.300. The zero-order valence-electron chi connectivity index (χ0n) is 4.69. The molecule has 1 saturated heterocycles. The summed E-state index contributed by atoms with van der Waals surface area (Å²) >= 11 is 0. The molecular formula is C4H9NO4. The molecule has 0 aromatic heterocycles. The first kappa shape index (κ1) is 6.91. The second-order valence-electron chi connectivity index (χ2n) is 1.89. The lowest BCUT2D eigenvalue weighted by Crippen LogP contribution is -2.33. The van der Waals surface area contributed by atoms with Crippen LogP contribution in [0, 0.1) is 0 Å². The lowest BCUT2D eigenvalue weighted by Gasteiger charge is -2.07. The summed E-state index contributed by atoms with van der Waals surface area (Å²) in [5.41, 5.74) is 2.12. The average Bonchev–Trinajstić information content (AvgIpc) is 2.15. The quantitative estimate of drug-likeness (QED) is 0.321. The summed E-state index contributed by atoms with van der Waals surface area (Å²) < 4.78 is 0. The van der Waals surface area contributed by atoms with Gasteiger partial charge in [0, 0.05) is 0 Å². The molecule has 0 spiro atoms. The van der Waals surface area contributed by atoms with E-state index in [4.69, 9.17) is 15.3 Å². The fraction of sp³-hybridized carbons (Fsp3) is 1.00. The molecule has 0 radical (unpaired) electrons. The van der Waals surface area contributed by atoms with Crippen molar-refractivity contribution in [1.29, 1.82) is 0 Å². The Kier molecular flexibility index (Phi) is 1.99. The highest BCUT2D eigenvalue weighted by atomic mass is 16.7. The molecule has 1 fully saturated rings. The number of nitrogens with one attached hydrogen (secondary N) is 1. The molecular weight excluding hydrogens is 126 g/mol. The highest BCUT2D eigenvalue weighted by molar-refractivity contribution is 4.76. The number of hydrogen-bond acceptors (Lipinski definition) is 5. The minimum Gasteiger partial charge on any atom is -0.393 e. The van der Waals surface area contributed by atoms with Gasteiger partial charge in [0.2, 0.25) is 0 Å². The molecule has 5 nitrogen and oxygen atoms in total. The van der Waals surface area contributed by atoms with Crippen LogP contribution < -0.4 is 5.48 Å². The molecule has 0 bridgehead atoms. The maximum atomic E-state index is 8.86. The van der Waals surface area contributed by atoms with E-state index >= 15 is 0 Å². The van der Waals surface area contributed by atoms with Crippen LogP contribution in [0.4, 0.5) is 0 Å². The molecule has 0 aliphatic carbocycles. The van der Waals surface area contributed by atoms with Crippen LogP contribution in [0.25, 0.3) is 0 Å². The van der Waals surface area contributed by atoms with Crippen LogP contribution in [0.15, 0.2) is 0 Å². The van der Waals surface area contributed by atoms with E-state index in [1.807, 2.05) is 0 Å². The van der Waals surface area contributed by atoms with Gasteiger partial charge >= 0.3 is 0 Å². The molecule has 54 valence electrons. The number of aliphatic hydroxyl groups is 3. The molecule has 1 aliphatic rings. The molecule has 1 heterocycles. The van der Waals surface area contributed by atoms with Gasteiger partial charge in [-0.05, 0) is 0 Å². The first-order chi connectivity index (χ1) is 4.25. The maximum Gasteiger partial charge on any atom is 0.155 e. The smallest absolute Gasteiger partial charge is 0.155 e. The van der Waals surface area contributed by atoms with Crippen LogP contribution in [-0.4, -0.2) is 40.4 Å². The van der Waals surface area contributed by atoms with Gasteiger partial charge in [0.25, 0.3) is 0 Å². The third-order valence-electron chi connectivity index (χ3n) is 1.22. The second kappa shape index (κ2) is 2.59. The Hall–Kier alpha value is -0.200. The number of hydroxylamine groups is 1. The fourth-order valence-electron chi connectivity index (χ4n) is 0.645. The summed E-state index contributed by atoms with van der Waals surface area (Å²) in [7, 11) is 0. The molecule has 1 rings (SSSR count). The van der Waals surface area contributed by atoms with Gasteiger partial charge in [-0.3, -0.25) is 4.84 Å². The van der Waals surface area contributed by atoms with Crippen molar-refractivity contribution in [2.45, 2.75) is 18.4 Å². The first-order valence-corrected chi connectivity index (χ1v) is 2.64. The monoisotopic (exact) mass is 135 g/mol. The van der Waals surface area contributed by atoms with Crippen molar-refractivity contribution in [3.8, 4) is 0 Å². The Bertz CT molecular complexity index is 98.6. The van der Waals surface area contributed by atoms with E-state index in [2.05, 4.69) is 10.3 Å². The third-order valence-corrected chi connectivity index (χ3v) is 1.22. The van der Waals surface area contributed by atoms with Crippen molar-refractivity contribution in [1.82, 2.24) is 5.48 Å². The Labute approximate surface area is 51.8 Å². The van der Waals surface area contributed by atoms with Crippen molar-refractivity contribution in [3.05, 3.63) is 0 Å². The molecule has 0 amide bonds. The lowest BCUT2D eigenvalue weighted by molar-refractivity contribution is -0.0322. The van der Waals surface area contributed by atoms with Crippen molar-refractivity contribution in [2.24, 2.45) is 0 Å². The standard InChI is InChI=1S/C4H9NO4/c6-1-2-3(7)4(8)5-9-2/h2-8H,1H2/t2-,3?,4+/m1/s1. The minimum absolute atomic E-state index is 0.300. The van der Waals surface area contributed by atoms with E-state index in [0.717, 1.165) is 0 Å². The zero-order chi connectivity index (χ0) is 6.85. The van der Waals surface area contributed by atoms with Gasteiger partial charge in [-0.15, -0.1) is 0 Å². The van der Waals surface area contributed by atoms with Crippen LogP contribution in [0.2, 0.25) is 0 Å². The van der Waals surface area contributed by atoms with Crippen LogP contribution in [0.1, 0.15) is 0 Å². The van der Waals surface area contributed by atoms with E-state index in [0.29, 0.717) is 0 Å². The van der Waals surface area contributed by atoms with Gasteiger partial charge in [0.05, 0.1) is 6.61 Å². The molecule has 3 atom stereocenters. The van der Waals surface area contributed by atoms with Gasteiger partial charge in [-0.1, -0.05) is 0 Å². The number of hydrogen-bond donors (Lipinski definition) is 4. The highest BCUT2D eigenvalue weighted by Gasteiger charge is 2.33. The van der Waals surface area contributed by atoms with Crippen LogP contribution in [-0.2, 0) is 4.84 Å². The largest absolute Gasteiger partial charge is 0.393 e. The van der Waals surface area contributed by atoms with Crippen molar-refractivity contribution >= 4 is 0 Å². The summed E-state index contributed by atoms with van der Waals surface area (Å²) in [6.07, 6.45) is -2.82. The van der Waals surface area contributed by atoms with E-state index in [1.54, 1.807) is 0 Å². The average molecular weight is 135 g/mol. The lowest BCUT2D eigenvalue weighted by atomic mass is 10.2. The number of rotatable bonds is 1. The fourth-order valence-corrected chi connectivity index (χ4v) is 0.645. The molecule has 0 saturated carbocycles. The Morgan fingerprint density at radius 2 is 2.11 bits per heavy atom. The predicted molar refractivity (Wildman–Crippen MR) is 27.1 cm³/mol. The SMILES string of the molecule is OC[C@H]1ON[C@@H](O)C1O. The molecule has 4 N–H and O–H groups in total. The number of aliphatic hydroxyl groups excluding tert-OH is 3. The molecule has 0 aromatic rings. The van der Waals surface area contributed by atoms with Crippen LogP contribution in [0.5, 0.6) is 0 Å². The van der Waals surface area contributed by atoms with E-state index in [-0.39, 0.29) is 6.61 Å². The maximum absolute atomic E-state index is 8.86. The topological polar surface area (TPSA) is 82.0 Å². The summed E-state index contributed by atoms with van der Waals surface area (Å²) in [5.74, 6) is 0. The molecule has 1 unspecified atom stereocenters. The van der Waals surface area contributed by atoms with Crippen LogP contribution >= 0.6 is 0 Å². The highest BCUT2D eigenvalue weighted by Crippen LogP contribution is 2.07. The van der Waals surface area contributed by atoms with Crippen molar-refractivity contribution in [3.63, 3.8) is 0 Å². The Morgan fingerprint density at radius 1 is 1.44 bits per heavy atom. The van der Waals surface area contributed by atoms with Gasteiger partial charge in [0.15, 0.2) is 6.23 Å². The van der Waals surface area contributed by atoms with E-state index in [9.17, 15) is 0 Å². The second-order valence-corrected chi connectivity index (χ2v) is 1.89. The summed E-state index contributed by atoms with van der Waals surface area (Å²) in [5, 5.41) is 26.0. The van der Waals surface area contributed by atoms with E-state index in [1.165, 1.54) is 0 Å². The molecule has 5 heteroatoms. The van der Waals surface area contributed by atoms with Gasteiger partial charge in [-0.25, -0.2) is 0 Å². The third kappa shape index (κ3) is 1.20. The van der Waals surface area contributed by atoms with Gasteiger partial charge in [-0.2, -0.15) is 5.48 Å². The predicted octanol–water partition coefficient (Wildman–Crippen LogP) is -2.44. The Balaban J connectivity index is 2.41. The minimum atomic E-state index is -1.08. The normalized spacial score (nSPS) is 43.7. The first-order valence-electron chi connectivity index (χ1n) is 2.64. The molecule has 1 aliphatic heterocycles. The Morgan fingerprint density at radius 3 is 2.33 bits per heavy atom. The zero-order valence-corrected chi connectivity index (χ0v) is 4.69. The van der Waals surface area contributed by atoms with Crippen LogP contribution in [0.3, 0.4) is 0 Å². The van der Waals surface area contributed by atoms with Gasteiger partial charge < -0.3 is 15.3 Å². The molecule has 9 heavy (non-hydrogen) atoms. The summed E-state index contributed by atoms with van der Waals surface area (Å²) in [6, 6.07) is 0. The van der Waals surface area contributed by atoms with Gasteiger partial charge in [0.1, 0.15) is 12.2 Å².